The second-order valence-electron chi connectivity index (χ2n) is 5.30. The van der Waals surface area contributed by atoms with Crippen LogP contribution in [0.15, 0.2) is 24.3 Å². The van der Waals surface area contributed by atoms with Gasteiger partial charge in [-0.2, -0.15) is 0 Å². The Bertz CT molecular complexity index is 354. The van der Waals surface area contributed by atoms with Crippen LogP contribution >= 0.6 is 0 Å². The number of anilines is 1. The van der Waals surface area contributed by atoms with Crippen molar-refractivity contribution >= 4 is 11.6 Å². The fourth-order valence-corrected chi connectivity index (χ4v) is 1.92. The van der Waals surface area contributed by atoms with Gasteiger partial charge in [0.15, 0.2) is 0 Å². The lowest BCUT2D eigenvalue weighted by Crippen LogP contribution is -2.13. The van der Waals surface area contributed by atoms with Gasteiger partial charge in [-0.15, -0.1) is 0 Å². The molecule has 100 valence electrons. The first-order valence-electron chi connectivity index (χ1n) is 7.00. The number of benzene rings is 1. The van der Waals surface area contributed by atoms with Crippen LogP contribution in [0.1, 0.15) is 52.0 Å². The summed E-state index contributed by atoms with van der Waals surface area (Å²) in [5, 5.41) is 2.93. The van der Waals surface area contributed by atoms with Crippen LogP contribution in [0, 0.1) is 5.92 Å². The number of rotatable bonds is 7. The van der Waals surface area contributed by atoms with Crippen LogP contribution in [0.4, 0.5) is 5.69 Å². The third-order valence-corrected chi connectivity index (χ3v) is 2.90. The lowest BCUT2D eigenvalue weighted by molar-refractivity contribution is -0.116. The molecule has 0 saturated heterocycles. The highest BCUT2D eigenvalue weighted by Gasteiger charge is 2.04. The predicted molar refractivity (Wildman–Crippen MR) is 77.8 cm³/mol. The summed E-state index contributed by atoms with van der Waals surface area (Å²) in [6.45, 7) is 6.32. The van der Waals surface area contributed by atoms with Crippen LogP contribution in [0.5, 0.6) is 0 Å². The summed E-state index contributed by atoms with van der Waals surface area (Å²) in [6, 6.07) is 8.22. The number of aryl methyl sites for hydroxylation is 1. The molecule has 2 nitrogen and oxygen atoms in total. The second-order valence-corrected chi connectivity index (χ2v) is 5.30. The molecule has 0 atom stereocenters. The Hall–Kier alpha value is -1.31. The maximum atomic E-state index is 11.6. The van der Waals surface area contributed by atoms with Gasteiger partial charge in [0, 0.05) is 12.1 Å². The maximum absolute atomic E-state index is 11.6. The first-order valence-corrected chi connectivity index (χ1v) is 7.00. The highest BCUT2D eigenvalue weighted by atomic mass is 16.1. The van der Waals surface area contributed by atoms with Gasteiger partial charge in [-0.05, 0) is 36.5 Å². The van der Waals surface area contributed by atoms with Crippen molar-refractivity contribution in [2.45, 2.75) is 52.9 Å². The topological polar surface area (TPSA) is 29.1 Å². The lowest BCUT2D eigenvalue weighted by atomic mass is 10.1. The van der Waals surface area contributed by atoms with Crippen molar-refractivity contribution in [2.24, 2.45) is 5.92 Å². The van der Waals surface area contributed by atoms with Crippen LogP contribution in [-0.4, -0.2) is 5.91 Å². The Labute approximate surface area is 111 Å². The summed E-state index contributed by atoms with van der Waals surface area (Å²) in [4.78, 5) is 11.6. The molecule has 0 aliphatic heterocycles. The monoisotopic (exact) mass is 247 g/mol. The van der Waals surface area contributed by atoms with Crippen LogP contribution < -0.4 is 5.32 Å². The summed E-state index contributed by atoms with van der Waals surface area (Å²) in [6.07, 6.45) is 5.50. The Morgan fingerprint density at radius 1 is 1.17 bits per heavy atom. The second kappa shape index (κ2) is 7.91. The molecule has 18 heavy (non-hydrogen) atoms. The molecule has 0 saturated carbocycles. The Morgan fingerprint density at radius 2 is 1.83 bits per heavy atom. The van der Waals surface area contributed by atoms with E-state index in [9.17, 15) is 4.79 Å². The molecule has 0 aliphatic rings. The molecule has 0 heterocycles. The first kappa shape index (κ1) is 14.7. The van der Waals surface area contributed by atoms with Crippen LogP contribution in [0.25, 0.3) is 0 Å². The molecule has 1 aromatic carbocycles. The molecular formula is C16H25NO. The van der Waals surface area contributed by atoms with E-state index in [4.69, 9.17) is 0 Å². The average molecular weight is 247 g/mol. The predicted octanol–water partition coefficient (Wildman–Crippen LogP) is 4.40. The van der Waals surface area contributed by atoms with E-state index in [-0.39, 0.29) is 5.91 Å². The standard InChI is InChI=1S/C16H25NO/c1-4-5-6-7-14-8-10-15(11-9-14)17-16(18)12-13(2)3/h8-11,13H,4-7,12H2,1-3H3,(H,17,18). The van der Waals surface area contributed by atoms with Crippen molar-refractivity contribution in [3.05, 3.63) is 29.8 Å². The Balaban J connectivity index is 2.42. The van der Waals surface area contributed by atoms with Gasteiger partial charge in [0.25, 0.3) is 0 Å². The molecule has 0 spiro atoms. The number of carbonyl (C=O) groups is 1. The summed E-state index contributed by atoms with van der Waals surface area (Å²) in [5.41, 5.74) is 2.25. The minimum Gasteiger partial charge on any atom is -0.326 e. The summed E-state index contributed by atoms with van der Waals surface area (Å²) in [7, 11) is 0. The molecule has 1 aromatic rings. The number of unbranched alkanes of at least 4 members (excludes halogenated alkanes) is 2. The van der Waals surface area contributed by atoms with Crippen molar-refractivity contribution in [3.63, 3.8) is 0 Å². The fourth-order valence-electron chi connectivity index (χ4n) is 1.92. The minimum absolute atomic E-state index is 0.101. The van der Waals surface area contributed by atoms with Crippen molar-refractivity contribution in [1.82, 2.24) is 0 Å². The summed E-state index contributed by atoms with van der Waals surface area (Å²) >= 11 is 0. The van der Waals surface area contributed by atoms with Crippen molar-refractivity contribution in [1.29, 1.82) is 0 Å². The van der Waals surface area contributed by atoms with E-state index in [2.05, 4.69) is 38.2 Å². The van der Waals surface area contributed by atoms with E-state index in [0.29, 0.717) is 12.3 Å². The molecule has 0 radical (unpaired) electrons. The average Bonchev–Trinajstić information content (AvgIpc) is 2.30. The molecule has 0 aliphatic carbocycles. The zero-order chi connectivity index (χ0) is 13.4. The van der Waals surface area contributed by atoms with Crippen molar-refractivity contribution in [3.8, 4) is 0 Å². The first-order chi connectivity index (χ1) is 8.61. The fraction of sp³-hybridized carbons (Fsp3) is 0.562. The minimum atomic E-state index is 0.101. The number of amides is 1. The molecule has 0 unspecified atom stereocenters. The molecule has 2 heteroatoms. The Morgan fingerprint density at radius 3 is 2.39 bits per heavy atom. The molecule has 0 aromatic heterocycles. The number of carbonyl (C=O) groups excluding carboxylic acids is 1. The smallest absolute Gasteiger partial charge is 0.224 e. The van der Waals surface area contributed by atoms with Gasteiger partial charge in [-0.25, -0.2) is 0 Å². The van der Waals surface area contributed by atoms with Crippen molar-refractivity contribution in [2.75, 3.05) is 5.32 Å². The highest BCUT2D eigenvalue weighted by molar-refractivity contribution is 5.90. The molecule has 0 fully saturated rings. The summed E-state index contributed by atoms with van der Waals surface area (Å²) < 4.78 is 0. The molecular weight excluding hydrogens is 222 g/mol. The van der Waals surface area contributed by atoms with E-state index in [1.54, 1.807) is 0 Å². The van der Waals surface area contributed by atoms with Gasteiger partial charge in [0.05, 0.1) is 0 Å². The third-order valence-electron chi connectivity index (χ3n) is 2.90. The molecule has 0 bridgehead atoms. The largest absolute Gasteiger partial charge is 0.326 e. The third kappa shape index (κ3) is 5.85. The number of nitrogens with one attached hydrogen (secondary N) is 1. The van der Waals surface area contributed by atoms with Crippen LogP contribution in [-0.2, 0) is 11.2 Å². The van der Waals surface area contributed by atoms with Crippen LogP contribution in [0.2, 0.25) is 0 Å². The lowest BCUT2D eigenvalue weighted by Gasteiger charge is -2.08. The zero-order valence-corrected chi connectivity index (χ0v) is 11.8. The van der Waals surface area contributed by atoms with Gasteiger partial charge < -0.3 is 5.32 Å². The molecule has 1 N–H and O–H groups in total. The molecule has 1 amide bonds. The van der Waals surface area contributed by atoms with Gasteiger partial charge in [0.1, 0.15) is 0 Å². The van der Waals surface area contributed by atoms with Gasteiger partial charge in [-0.3, -0.25) is 4.79 Å². The molecule has 1 rings (SSSR count). The van der Waals surface area contributed by atoms with Gasteiger partial charge in [-0.1, -0.05) is 45.7 Å². The summed E-state index contributed by atoms with van der Waals surface area (Å²) in [5.74, 6) is 0.502. The van der Waals surface area contributed by atoms with E-state index in [1.165, 1.54) is 24.8 Å². The van der Waals surface area contributed by atoms with Crippen LogP contribution in [0.3, 0.4) is 0 Å². The van der Waals surface area contributed by atoms with Gasteiger partial charge >= 0.3 is 0 Å². The maximum Gasteiger partial charge on any atom is 0.224 e. The SMILES string of the molecule is CCCCCc1ccc(NC(=O)CC(C)C)cc1. The normalized spacial score (nSPS) is 10.7. The van der Waals surface area contributed by atoms with E-state index in [0.717, 1.165) is 12.1 Å². The quantitative estimate of drug-likeness (QED) is 0.711. The highest BCUT2D eigenvalue weighted by Crippen LogP contribution is 2.13. The van der Waals surface area contributed by atoms with Gasteiger partial charge in [0.2, 0.25) is 5.91 Å². The number of hydrogen-bond donors (Lipinski definition) is 1. The van der Waals surface area contributed by atoms with E-state index in [1.807, 2.05) is 12.1 Å². The van der Waals surface area contributed by atoms with E-state index >= 15 is 0 Å². The van der Waals surface area contributed by atoms with E-state index < -0.39 is 0 Å². The van der Waals surface area contributed by atoms with Crippen molar-refractivity contribution < 1.29 is 4.79 Å². The Kier molecular flexibility index (Phi) is 6.48. The zero-order valence-electron chi connectivity index (χ0n) is 11.8. The number of hydrogen-bond acceptors (Lipinski definition) is 1.